The highest BCUT2D eigenvalue weighted by molar-refractivity contribution is 5.88. The van der Waals surface area contributed by atoms with E-state index < -0.39 is 17.5 Å². The van der Waals surface area contributed by atoms with Crippen molar-refractivity contribution in [2.24, 2.45) is 17.8 Å². The summed E-state index contributed by atoms with van der Waals surface area (Å²) in [6.45, 7) is 0. The van der Waals surface area contributed by atoms with Gasteiger partial charge in [-0.2, -0.15) is 0 Å². The number of benzene rings is 3. The molecule has 3 aromatic carbocycles. The van der Waals surface area contributed by atoms with Crippen LogP contribution in [0, 0.1) is 30.1 Å². The van der Waals surface area contributed by atoms with E-state index in [0.29, 0.717) is 46.3 Å². The molecule has 3 unspecified atom stereocenters. The van der Waals surface area contributed by atoms with E-state index in [0.717, 1.165) is 25.7 Å². The van der Waals surface area contributed by atoms with E-state index in [-0.39, 0.29) is 17.2 Å². The number of ether oxygens (including phenoxy) is 3. The maximum atomic E-state index is 11.3. The van der Waals surface area contributed by atoms with Crippen molar-refractivity contribution in [3.8, 4) is 35.3 Å². The van der Waals surface area contributed by atoms with Crippen molar-refractivity contribution in [3.63, 3.8) is 0 Å². The normalized spacial score (nSPS) is 26.4. The Bertz CT molecular complexity index is 1440. The van der Waals surface area contributed by atoms with Gasteiger partial charge in [-0.1, -0.05) is 5.92 Å². The Kier molecular flexibility index (Phi) is 6.19. The summed E-state index contributed by atoms with van der Waals surface area (Å²) in [6, 6.07) is 18.1. The summed E-state index contributed by atoms with van der Waals surface area (Å²) >= 11 is 0. The molecule has 4 saturated carbocycles. The Morgan fingerprint density at radius 2 is 1.36 bits per heavy atom. The molecule has 3 atom stereocenters. The summed E-state index contributed by atoms with van der Waals surface area (Å²) in [6.07, 6.45) is 10.8. The first-order valence-corrected chi connectivity index (χ1v) is 13.1. The third-order valence-electron chi connectivity index (χ3n) is 8.28. The molecule has 3 aromatic rings. The van der Waals surface area contributed by atoms with E-state index in [1.165, 1.54) is 18.6 Å². The first-order chi connectivity index (χ1) is 18.8. The zero-order valence-corrected chi connectivity index (χ0v) is 21.2. The second-order valence-electron chi connectivity index (χ2n) is 10.9. The van der Waals surface area contributed by atoms with E-state index in [1.54, 1.807) is 48.5 Å². The van der Waals surface area contributed by atoms with Crippen LogP contribution in [0.2, 0.25) is 0 Å². The highest BCUT2D eigenvalue weighted by Crippen LogP contribution is 2.58. The minimum absolute atomic E-state index is 0.168. The van der Waals surface area contributed by atoms with Crippen LogP contribution in [0.25, 0.3) is 0 Å². The molecule has 0 amide bonds. The quantitative estimate of drug-likeness (QED) is 0.335. The van der Waals surface area contributed by atoms with Crippen LogP contribution in [0.4, 0.5) is 0 Å². The highest BCUT2D eigenvalue weighted by atomic mass is 16.6. The molecule has 0 radical (unpaired) electrons. The molecule has 0 aromatic heterocycles. The molecule has 4 aliphatic carbocycles. The van der Waals surface area contributed by atoms with Crippen molar-refractivity contribution in [1.29, 1.82) is 0 Å². The summed E-state index contributed by atoms with van der Waals surface area (Å²) < 4.78 is 19.5. The average Bonchev–Trinajstić information content (AvgIpc) is 2.91. The summed E-state index contributed by atoms with van der Waals surface area (Å²) in [4.78, 5) is 22.5. The monoisotopic (exact) mass is 524 g/mol. The fourth-order valence-corrected chi connectivity index (χ4v) is 6.88. The Balaban J connectivity index is 1.27. The molecule has 0 spiro atoms. The third kappa shape index (κ3) is 4.79. The van der Waals surface area contributed by atoms with Gasteiger partial charge in [0.25, 0.3) is 0 Å². The van der Waals surface area contributed by atoms with Crippen LogP contribution < -0.4 is 14.2 Å². The van der Waals surface area contributed by atoms with Crippen LogP contribution in [0.1, 0.15) is 58.4 Å². The molecule has 0 saturated heterocycles. The fraction of sp³-hybridized carbons (Fsp3) is 0.312. The Hall–Kier alpha value is -4.44. The lowest BCUT2D eigenvalue weighted by Gasteiger charge is -2.59. The van der Waals surface area contributed by atoms with Crippen LogP contribution in [-0.4, -0.2) is 33.9 Å². The summed E-state index contributed by atoms with van der Waals surface area (Å²) in [7, 11) is 0. The first-order valence-electron chi connectivity index (χ1n) is 13.1. The standard InChI is InChI=1S/C32H28O7/c1-2-21-3-12-27(16-28(21)37-25-8-4-22(5-9-25)30(33)34)38-29-24-14-19-13-20(15-24)18-32(29,17-19)39-26-10-6-23(7-11-26)31(35)36/h1,3-12,16,19-20,24,29H,13-15,17-18H2,(H,33,34)(H,35,36). The molecule has 4 aliphatic rings. The van der Waals surface area contributed by atoms with Crippen molar-refractivity contribution in [2.45, 2.75) is 43.8 Å². The van der Waals surface area contributed by atoms with Gasteiger partial charge in [0.15, 0.2) is 0 Å². The maximum Gasteiger partial charge on any atom is 0.335 e. The lowest BCUT2D eigenvalue weighted by atomic mass is 9.52. The van der Waals surface area contributed by atoms with Gasteiger partial charge in [0.2, 0.25) is 0 Å². The Morgan fingerprint density at radius 1 is 0.795 bits per heavy atom. The summed E-state index contributed by atoms with van der Waals surface area (Å²) in [5.74, 6) is 4.38. The third-order valence-corrected chi connectivity index (χ3v) is 8.28. The molecule has 198 valence electrons. The lowest BCUT2D eigenvalue weighted by Crippen LogP contribution is -2.65. The van der Waals surface area contributed by atoms with Crippen LogP contribution in [0.3, 0.4) is 0 Å². The van der Waals surface area contributed by atoms with E-state index in [4.69, 9.17) is 25.7 Å². The van der Waals surface area contributed by atoms with Crippen molar-refractivity contribution in [3.05, 3.63) is 83.4 Å². The van der Waals surface area contributed by atoms with Crippen LogP contribution in [0.15, 0.2) is 66.7 Å². The highest BCUT2D eigenvalue weighted by Gasteiger charge is 2.60. The number of terminal acetylenes is 1. The molecule has 4 bridgehead atoms. The van der Waals surface area contributed by atoms with Gasteiger partial charge in [0.1, 0.15) is 34.7 Å². The molecule has 39 heavy (non-hydrogen) atoms. The van der Waals surface area contributed by atoms with Crippen molar-refractivity contribution in [1.82, 2.24) is 0 Å². The minimum atomic E-state index is -1.01. The zero-order chi connectivity index (χ0) is 27.1. The number of aromatic carboxylic acids is 2. The number of carboxylic acids is 2. The number of carboxylic acid groups (broad SMARTS) is 2. The number of hydrogen-bond donors (Lipinski definition) is 2. The molecule has 2 N–H and O–H groups in total. The van der Waals surface area contributed by atoms with Crippen LogP contribution in [0.5, 0.6) is 23.0 Å². The Labute approximate surface area is 226 Å². The maximum absolute atomic E-state index is 11.3. The molecule has 0 heterocycles. The van der Waals surface area contributed by atoms with Gasteiger partial charge in [0, 0.05) is 12.0 Å². The first kappa shape index (κ1) is 24.9. The fourth-order valence-electron chi connectivity index (χ4n) is 6.88. The average molecular weight is 525 g/mol. The minimum Gasteiger partial charge on any atom is -0.486 e. The van der Waals surface area contributed by atoms with Crippen LogP contribution in [-0.2, 0) is 0 Å². The second-order valence-corrected chi connectivity index (χ2v) is 10.9. The topological polar surface area (TPSA) is 102 Å². The molecular formula is C32H28O7. The largest absolute Gasteiger partial charge is 0.486 e. The molecule has 7 heteroatoms. The van der Waals surface area contributed by atoms with Gasteiger partial charge in [0.05, 0.1) is 16.7 Å². The van der Waals surface area contributed by atoms with Gasteiger partial charge >= 0.3 is 11.9 Å². The van der Waals surface area contributed by atoms with Gasteiger partial charge < -0.3 is 24.4 Å². The van der Waals surface area contributed by atoms with Gasteiger partial charge in [-0.25, -0.2) is 9.59 Å². The van der Waals surface area contributed by atoms with Crippen LogP contribution >= 0.6 is 0 Å². The van der Waals surface area contributed by atoms with Gasteiger partial charge in [-0.05, 0) is 105 Å². The predicted octanol–water partition coefficient (Wildman–Crippen LogP) is 6.26. The predicted molar refractivity (Wildman–Crippen MR) is 143 cm³/mol. The molecule has 0 aliphatic heterocycles. The Morgan fingerprint density at radius 3 is 1.92 bits per heavy atom. The number of carbonyl (C=O) groups is 2. The van der Waals surface area contributed by atoms with E-state index in [1.807, 2.05) is 6.07 Å². The smallest absolute Gasteiger partial charge is 0.335 e. The van der Waals surface area contributed by atoms with E-state index in [9.17, 15) is 14.7 Å². The SMILES string of the molecule is C#Cc1ccc(OC2C3CC4CC(C3)CC2(Oc2ccc(C(=O)O)cc2)C4)cc1Oc1ccc(C(=O)O)cc1. The van der Waals surface area contributed by atoms with Crippen molar-refractivity contribution < 1.29 is 34.0 Å². The summed E-state index contributed by atoms with van der Waals surface area (Å²) in [5.41, 5.74) is 0.442. The molecule has 7 rings (SSSR count). The van der Waals surface area contributed by atoms with Gasteiger partial charge in [-0.3, -0.25) is 0 Å². The van der Waals surface area contributed by atoms with Crippen molar-refractivity contribution in [2.75, 3.05) is 0 Å². The van der Waals surface area contributed by atoms with E-state index in [2.05, 4.69) is 5.92 Å². The van der Waals surface area contributed by atoms with Crippen molar-refractivity contribution >= 4 is 11.9 Å². The molecule has 4 fully saturated rings. The number of rotatable bonds is 8. The zero-order valence-electron chi connectivity index (χ0n) is 21.2. The lowest BCUT2D eigenvalue weighted by molar-refractivity contribution is -0.180. The molecule has 7 nitrogen and oxygen atoms in total. The number of hydrogen-bond acceptors (Lipinski definition) is 5. The second kappa shape index (κ2) is 9.70. The summed E-state index contributed by atoms with van der Waals surface area (Å²) in [5, 5.41) is 18.4. The van der Waals surface area contributed by atoms with Gasteiger partial charge in [-0.15, -0.1) is 6.42 Å². The van der Waals surface area contributed by atoms with E-state index >= 15 is 0 Å². The molecular weight excluding hydrogens is 496 g/mol.